The summed E-state index contributed by atoms with van der Waals surface area (Å²) < 4.78 is 1.84. The third kappa shape index (κ3) is 4.57. The van der Waals surface area contributed by atoms with Crippen LogP contribution in [0.2, 0.25) is 0 Å². The highest BCUT2D eigenvalue weighted by Crippen LogP contribution is 2.28. The fourth-order valence-corrected chi connectivity index (χ4v) is 4.03. The van der Waals surface area contributed by atoms with Crippen molar-refractivity contribution in [2.24, 2.45) is 0 Å². The number of carbonyl (C=O) groups is 2. The Morgan fingerprint density at radius 1 is 1.16 bits per heavy atom. The van der Waals surface area contributed by atoms with Gasteiger partial charge < -0.3 is 15.2 Å². The number of piperazine rings is 1. The molecule has 1 aliphatic rings. The van der Waals surface area contributed by atoms with Gasteiger partial charge in [0.15, 0.2) is 0 Å². The molecular formula is C23H29N7O2. The molecule has 0 radical (unpaired) electrons. The summed E-state index contributed by atoms with van der Waals surface area (Å²) in [6.45, 7) is 9.22. The molecule has 1 saturated heterocycles. The number of hydrogen-bond acceptors (Lipinski definition) is 5. The van der Waals surface area contributed by atoms with Crippen LogP contribution >= 0.6 is 0 Å². The number of hydrogen-bond donors (Lipinski definition) is 2. The number of carbonyl (C=O) groups excluding carboxylic acids is 2. The molecule has 3 aromatic rings. The Kier molecular flexibility index (Phi) is 6.36. The molecule has 9 heteroatoms. The molecule has 0 spiro atoms. The quantitative estimate of drug-likeness (QED) is 0.599. The number of nitrogens with one attached hydrogen (secondary N) is 2. The van der Waals surface area contributed by atoms with Gasteiger partial charge in [-0.25, -0.2) is 9.67 Å². The second-order valence-electron chi connectivity index (χ2n) is 8.35. The van der Waals surface area contributed by atoms with Gasteiger partial charge in [0.2, 0.25) is 0 Å². The zero-order valence-corrected chi connectivity index (χ0v) is 18.7. The number of imidazole rings is 1. The van der Waals surface area contributed by atoms with Crippen LogP contribution < -0.4 is 5.32 Å². The maximum absolute atomic E-state index is 12.8. The van der Waals surface area contributed by atoms with Crippen molar-refractivity contribution in [3.8, 4) is 5.69 Å². The van der Waals surface area contributed by atoms with Crippen molar-refractivity contribution in [2.45, 2.75) is 33.2 Å². The van der Waals surface area contributed by atoms with Gasteiger partial charge in [0.1, 0.15) is 5.82 Å². The Hall–Kier alpha value is -3.46. The van der Waals surface area contributed by atoms with E-state index in [1.54, 1.807) is 23.5 Å². The van der Waals surface area contributed by atoms with Crippen LogP contribution in [-0.4, -0.2) is 67.5 Å². The highest BCUT2D eigenvalue weighted by atomic mass is 16.2. The van der Waals surface area contributed by atoms with E-state index < -0.39 is 11.8 Å². The molecule has 1 aromatic carbocycles. The lowest BCUT2D eigenvalue weighted by atomic mass is 10.1. The SMILES string of the molecule is Cc1ccccc1-n1ncc(NC(=O)C(=O)N2CCN(Cc3ncc[nH]3)CC2)c1C(C)C. The van der Waals surface area contributed by atoms with Crippen molar-refractivity contribution in [3.63, 3.8) is 0 Å². The molecular weight excluding hydrogens is 406 g/mol. The first-order valence-electron chi connectivity index (χ1n) is 10.9. The summed E-state index contributed by atoms with van der Waals surface area (Å²) in [6.07, 6.45) is 5.15. The molecule has 2 N–H and O–H groups in total. The molecule has 0 atom stereocenters. The van der Waals surface area contributed by atoms with E-state index in [2.05, 4.69) is 25.3 Å². The Bertz CT molecular complexity index is 1080. The van der Waals surface area contributed by atoms with Crippen LogP contribution in [0.15, 0.2) is 42.9 Å². The second kappa shape index (κ2) is 9.35. The molecule has 9 nitrogen and oxygen atoms in total. The number of aromatic amines is 1. The van der Waals surface area contributed by atoms with Gasteiger partial charge >= 0.3 is 11.8 Å². The summed E-state index contributed by atoms with van der Waals surface area (Å²) in [5.74, 6) is -0.140. The summed E-state index contributed by atoms with van der Waals surface area (Å²) >= 11 is 0. The van der Waals surface area contributed by atoms with Crippen molar-refractivity contribution in [1.29, 1.82) is 0 Å². The van der Waals surface area contributed by atoms with E-state index in [1.807, 2.05) is 49.7 Å². The lowest BCUT2D eigenvalue weighted by Crippen LogP contribution is -2.51. The number of aromatic nitrogens is 4. The fourth-order valence-electron chi connectivity index (χ4n) is 4.03. The predicted octanol–water partition coefficient (Wildman–Crippen LogP) is 2.31. The largest absolute Gasteiger partial charge is 0.348 e. The molecule has 2 amide bonds. The highest BCUT2D eigenvalue weighted by Gasteiger charge is 2.28. The van der Waals surface area contributed by atoms with Crippen molar-refractivity contribution < 1.29 is 9.59 Å². The fraction of sp³-hybridized carbons (Fsp3) is 0.391. The van der Waals surface area contributed by atoms with Crippen LogP contribution in [0.5, 0.6) is 0 Å². The van der Waals surface area contributed by atoms with E-state index in [0.29, 0.717) is 38.4 Å². The number of benzene rings is 1. The predicted molar refractivity (Wildman–Crippen MR) is 121 cm³/mol. The summed E-state index contributed by atoms with van der Waals surface area (Å²) in [5.41, 5.74) is 3.47. The number of aryl methyl sites for hydroxylation is 1. The zero-order valence-electron chi connectivity index (χ0n) is 18.7. The van der Waals surface area contributed by atoms with Crippen LogP contribution in [0.4, 0.5) is 5.69 Å². The maximum atomic E-state index is 12.8. The Balaban J connectivity index is 1.42. The number of amides is 2. The highest BCUT2D eigenvalue weighted by molar-refractivity contribution is 6.39. The summed E-state index contributed by atoms with van der Waals surface area (Å²) in [4.78, 5) is 36.7. The summed E-state index contributed by atoms with van der Waals surface area (Å²) in [5, 5.41) is 7.30. The third-order valence-corrected chi connectivity index (χ3v) is 5.73. The van der Waals surface area contributed by atoms with Crippen molar-refractivity contribution in [2.75, 3.05) is 31.5 Å². The Morgan fingerprint density at radius 2 is 1.91 bits per heavy atom. The van der Waals surface area contributed by atoms with E-state index >= 15 is 0 Å². The van der Waals surface area contributed by atoms with Crippen LogP contribution in [0.25, 0.3) is 5.69 Å². The number of nitrogens with zero attached hydrogens (tertiary/aromatic N) is 5. The van der Waals surface area contributed by atoms with Gasteiger partial charge in [0, 0.05) is 38.6 Å². The number of anilines is 1. The lowest BCUT2D eigenvalue weighted by Gasteiger charge is -2.33. The molecule has 32 heavy (non-hydrogen) atoms. The van der Waals surface area contributed by atoms with Crippen molar-refractivity contribution in [3.05, 3.63) is 59.9 Å². The summed E-state index contributed by atoms with van der Waals surface area (Å²) in [6, 6.07) is 7.95. The molecule has 0 unspecified atom stereocenters. The van der Waals surface area contributed by atoms with Gasteiger partial charge in [0.05, 0.1) is 29.8 Å². The van der Waals surface area contributed by atoms with E-state index in [9.17, 15) is 9.59 Å². The number of rotatable bonds is 5. The average Bonchev–Trinajstić information content (AvgIpc) is 3.44. The first-order chi connectivity index (χ1) is 15.4. The second-order valence-corrected chi connectivity index (χ2v) is 8.35. The van der Waals surface area contributed by atoms with Gasteiger partial charge in [-0.2, -0.15) is 5.10 Å². The molecule has 4 rings (SSSR count). The Morgan fingerprint density at radius 3 is 2.56 bits per heavy atom. The standard InChI is InChI=1S/C23H29N7O2/c1-16(2)21-18(14-26-30(21)19-7-5-4-6-17(19)3)27-22(31)23(32)29-12-10-28(11-13-29)15-20-24-8-9-25-20/h4-9,14,16H,10-13,15H2,1-3H3,(H,24,25)(H,27,31). The average molecular weight is 436 g/mol. The van der Waals surface area contributed by atoms with E-state index in [4.69, 9.17) is 0 Å². The van der Waals surface area contributed by atoms with Crippen LogP contribution in [0, 0.1) is 6.92 Å². The van der Waals surface area contributed by atoms with E-state index in [-0.39, 0.29) is 5.92 Å². The van der Waals surface area contributed by atoms with Crippen LogP contribution in [0.1, 0.15) is 36.8 Å². The minimum absolute atomic E-state index is 0.104. The van der Waals surface area contributed by atoms with Gasteiger partial charge in [0.25, 0.3) is 0 Å². The Labute approximate surface area is 187 Å². The van der Waals surface area contributed by atoms with Gasteiger partial charge in [-0.05, 0) is 24.5 Å². The molecule has 168 valence electrons. The van der Waals surface area contributed by atoms with Crippen molar-refractivity contribution in [1.82, 2.24) is 29.5 Å². The summed E-state index contributed by atoms with van der Waals surface area (Å²) in [7, 11) is 0. The lowest BCUT2D eigenvalue weighted by molar-refractivity contribution is -0.144. The maximum Gasteiger partial charge on any atom is 0.313 e. The van der Waals surface area contributed by atoms with Crippen LogP contribution in [0.3, 0.4) is 0 Å². The smallest absolute Gasteiger partial charge is 0.313 e. The van der Waals surface area contributed by atoms with Crippen molar-refractivity contribution >= 4 is 17.5 Å². The molecule has 0 saturated carbocycles. The van der Waals surface area contributed by atoms with Crippen LogP contribution in [-0.2, 0) is 16.1 Å². The molecule has 3 heterocycles. The van der Waals surface area contributed by atoms with Gasteiger partial charge in [-0.15, -0.1) is 0 Å². The minimum atomic E-state index is -0.629. The first kappa shape index (κ1) is 21.8. The third-order valence-electron chi connectivity index (χ3n) is 5.73. The normalized spacial score (nSPS) is 14.7. The number of H-pyrrole nitrogens is 1. The molecule has 1 aliphatic heterocycles. The molecule has 0 aliphatic carbocycles. The number of para-hydroxylation sites is 1. The monoisotopic (exact) mass is 435 g/mol. The van der Waals surface area contributed by atoms with E-state index in [1.165, 1.54) is 0 Å². The minimum Gasteiger partial charge on any atom is -0.348 e. The molecule has 0 bridgehead atoms. The molecule has 2 aromatic heterocycles. The topological polar surface area (TPSA) is 99.2 Å². The molecule has 1 fully saturated rings. The van der Waals surface area contributed by atoms with E-state index in [0.717, 1.165) is 22.8 Å². The zero-order chi connectivity index (χ0) is 22.7. The first-order valence-corrected chi connectivity index (χ1v) is 10.9. The van der Waals surface area contributed by atoms with Gasteiger partial charge in [-0.1, -0.05) is 32.0 Å². The van der Waals surface area contributed by atoms with Gasteiger partial charge in [-0.3, -0.25) is 14.5 Å².